The maximum Gasteiger partial charge on any atom is 0.259 e. The summed E-state index contributed by atoms with van der Waals surface area (Å²) in [6.45, 7) is 4.77. The summed E-state index contributed by atoms with van der Waals surface area (Å²) in [6, 6.07) is 18.6. The Hall–Kier alpha value is -2.92. The van der Waals surface area contributed by atoms with Crippen molar-refractivity contribution in [1.29, 1.82) is 0 Å². The van der Waals surface area contributed by atoms with Gasteiger partial charge in [0.25, 0.3) is 5.91 Å². The minimum absolute atomic E-state index is 0.0628. The van der Waals surface area contributed by atoms with Crippen molar-refractivity contribution in [2.24, 2.45) is 5.92 Å². The molecule has 2 aliphatic rings. The monoisotopic (exact) mass is 429 g/mol. The molecule has 0 aliphatic carbocycles. The Labute approximate surface area is 190 Å². The van der Waals surface area contributed by atoms with Gasteiger partial charge in [0.05, 0.1) is 24.9 Å². The number of fused-ring (bicyclic) bond motifs is 2. The Balaban J connectivity index is 1.14. The first-order chi connectivity index (χ1) is 15.7. The highest BCUT2D eigenvalue weighted by atomic mass is 16.5. The number of methoxy groups -OCH3 is 1. The van der Waals surface area contributed by atoms with E-state index in [0.717, 1.165) is 42.0 Å². The minimum atomic E-state index is 0.0628. The van der Waals surface area contributed by atoms with Gasteiger partial charge in [-0.2, -0.15) is 0 Å². The van der Waals surface area contributed by atoms with Crippen LogP contribution in [-0.4, -0.2) is 47.4 Å². The number of pyridine rings is 1. The van der Waals surface area contributed by atoms with Crippen LogP contribution in [0.5, 0.6) is 5.75 Å². The third kappa shape index (κ3) is 4.22. The number of benzene rings is 2. The highest BCUT2D eigenvalue weighted by molar-refractivity contribution is 6.05. The van der Waals surface area contributed by atoms with Crippen molar-refractivity contribution in [1.82, 2.24) is 14.8 Å². The molecular formula is C27H31N3O2. The smallest absolute Gasteiger partial charge is 0.259 e. The first-order valence-corrected chi connectivity index (χ1v) is 11.7. The number of rotatable bonds is 7. The maximum atomic E-state index is 13.1. The summed E-state index contributed by atoms with van der Waals surface area (Å²) in [7, 11) is 1.64. The van der Waals surface area contributed by atoms with E-state index < -0.39 is 0 Å². The zero-order chi connectivity index (χ0) is 21.9. The standard InChI is InChI=1S/C27H31N3O2/c1-32-26-22-11-5-6-12-23(22)28-24-19-30(27(31)25(24)26)15-7-10-20-13-16-29(17-14-20)18-21-8-3-2-4-9-21/h2-6,8-9,11-12,20H,7,10,13-19H2,1H3. The molecule has 0 bridgehead atoms. The number of hydrogen-bond donors (Lipinski definition) is 0. The molecule has 0 radical (unpaired) electrons. The van der Waals surface area contributed by atoms with Crippen LogP contribution < -0.4 is 4.74 Å². The molecule has 1 saturated heterocycles. The van der Waals surface area contributed by atoms with Gasteiger partial charge in [-0.25, -0.2) is 4.98 Å². The van der Waals surface area contributed by atoms with E-state index in [4.69, 9.17) is 9.72 Å². The van der Waals surface area contributed by atoms with Crippen molar-refractivity contribution in [3.8, 4) is 5.75 Å². The third-order valence-corrected chi connectivity index (χ3v) is 6.96. The fourth-order valence-corrected chi connectivity index (χ4v) is 5.21. The molecule has 5 heteroatoms. The molecule has 2 aliphatic heterocycles. The van der Waals surface area contributed by atoms with E-state index in [-0.39, 0.29) is 5.91 Å². The number of piperidine rings is 1. The first kappa shape index (κ1) is 21.0. The van der Waals surface area contributed by atoms with E-state index in [0.29, 0.717) is 17.9 Å². The third-order valence-electron chi connectivity index (χ3n) is 6.96. The van der Waals surface area contributed by atoms with Crippen LogP contribution in [0.3, 0.4) is 0 Å². The molecular weight excluding hydrogens is 398 g/mol. The lowest BCUT2D eigenvalue weighted by atomic mass is 9.92. The number of carbonyl (C=O) groups is 1. The van der Waals surface area contributed by atoms with Gasteiger partial charge in [-0.15, -0.1) is 0 Å². The summed E-state index contributed by atoms with van der Waals surface area (Å²) in [5.41, 5.74) is 3.79. The Morgan fingerprint density at radius 2 is 1.78 bits per heavy atom. The van der Waals surface area contributed by atoms with Crippen molar-refractivity contribution >= 4 is 16.8 Å². The summed E-state index contributed by atoms with van der Waals surface area (Å²) in [4.78, 5) is 22.4. The van der Waals surface area contributed by atoms with E-state index >= 15 is 0 Å². The van der Waals surface area contributed by atoms with E-state index in [1.807, 2.05) is 29.2 Å². The fourth-order valence-electron chi connectivity index (χ4n) is 5.21. The first-order valence-electron chi connectivity index (χ1n) is 11.7. The van der Waals surface area contributed by atoms with Gasteiger partial charge in [0, 0.05) is 18.5 Å². The SMILES string of the molecule is COc1c2c(nc3ccccc13)CN(CCCC1CCN(Cc3ccccc3)CC1)C2=O. The lowest BCUT2D eigenvalue weighted by Gasteiger charge is -2.32. The molecule has 1 fully saturated rings. The normalized spacial score (nSPS) is 17.2. The second-order valence-corrected chi connectivity index (χ2v) is 9.06. The van der Waals surface area contributed by atoms with Crippen LogP contribution in [0.1, 0.15) is 47.3 Å². The number of ether oxygens (including phenoxy) is 1. The number of likely N-dealkylation sites (tertiary alicyclic amines) is 1. The number of amides is 1. The van der Waals surface area contributed by atoms with Gasteiger partial charge >= 0.3 is 0 Å². The topological polar surface area (TPSA) is 45.7 Å². The lowest BCUT2D eigenvalue weighted by molar-refractivity contribution is 0.0767. The molecule has 0 unspecified atom stereocenters. The number of para-hydroxylation sites is 1. The van der Waals surface area contributed by atoms with E-state index in [1.165, 1.54) is 37.9 Å². The zero-order valence-corrected chi connectivity index (χ0v) is 18.8. The molecule has 5 nitrogen and oxygen atoms in total. The van der Waals surface area contributed by atoms with Gasteiger partial charge in [0.1, 0.15) is 11.3 Å². The van der Waals surface area contributed by atoms with Crippen LogP contribution in [0, 0.1) is 5.92 Å². The molecule has 1 aromatic heterocycles. The van der Waals surface area contributed by atoms with Crippen molar-refractivity contribution in [2.75, 3.05) is 26.7 Å². The predicted octanol–water partition coefficient (Wildman–Crippen LogP) is 4.89. The second-order valence-electron chi connectivity index (χ2n) is 9.06. The van der Waals surface area contributed by atoms with Gasteiger partial charge in [-0.1, -0.05) is 42.5 Å². The van der Waals surface area contributed by atoms with Gasteiger partial charge in [0.15, 0.2) is 0 Å². The molecule has 0 saturated carbocycles. The van der Waals surface area contributed by atoms with Crippen LogP contribution in [0.4, 0.5) is 0 Å². The van der Waals surface area contributed by atoms with Crippen molar-refractivity contribution in [3.05, 3.63) is 71.4 Å². The Kier molecular flexibility index (Phi) is 6.08. The minimum Gasteiger partial charge on any atom is -0.495 e. The molecule has 166 valence electrons. The second kappa shape index (κ2) is 9.29. The van der Waals surface area contributed by atoms with E-state index in [1.54, 1.807) is 7.11 Å². The van der Waals surface area contributed by atoms with Gasteiger partial charge in [0.2, 0.25) is 0 Å². The van der Waals surface area contributed by atoms with Crippen molar-refractivity contribution in [3.63, 3.8) is 0 Å². The molecule has 32 heavy (non-hydrogen) atoms. The average molecular weight is 430 g/mol. The molecule has 3 heterocycles. The summed E-state index contributed by atoms with van der Waals surface area (Å²) >= 11 is 0. The number of nitrogens with zero attached hydrogens (tertiary/aromatic N) is 3. The highest BCUT2D eigenvalue weighted by Crippen LogP contribution is 2.36. The molecule has 0 spiro atoms. The predicted molar refractivity (Wildman–Crippen MR) is 127 cm³/mol. The summed E-state index contributed by atoms with van der Waals surface area (Å²) in [5.74, 6) is 1.49. The van der Waals surface area contributed by atoms with Crippen LogP contribution in [0.2, 0.25) is 0 Å². The molecule has 0 atom stereocenters. The van der Waals surface area contributed by atoms with Crippen LogP contribution >= 0.6 is 0 Å². The quantitative estimate of drug-likeness (QED) is 0.536. The Morgan fingerprint density at radius 3 is 2.56 bits per heavy atom. The van der Waals surface area contributed by atoms with Crippen molar-refractivity contribution < 1.29 is 9.53 Å². The van der Waals surface area contributed by atoms with Gasteiger partial charge < -0.3 is 9.64 Å². The van der Waals surface area contributed by atoms with E-state index in [2.05, 4.69) is 35.2 Å². The lowest BCUT2D eigenvalue weighted by Crippen LogP contribution is -2.33. The van der Waals surface area contributed by atoms with Crippen molar-refractivity contribution in [2.45, 2.75) is 38.8 Å². The summed E-state index contributed by atoms with van der Waals surface area (Å²) in [6.07, 6.45) is 4.74. The average Bonchev–Trinajstić information content (AvgIpc) is 3.14. The number of aromatic nitrogens is 1. The summed E-state index contributed by atoms with van der Waals surface area (Å²) in [5, 5.41) is 0.909. The van der Waals surface area contributed by atoms with Crippen LogP contribution in [-0.2, 0) is 13.1 Å². The molecule has 3 aromatic rings. The molecule has 5 rings (SSSR count). The fraction of sp³-hybridized carbons (Fsp3) is 0.407. The summed E-state index contributed by atoms with van der Waals surface area (Å²) < 4.78 is 5.65. The maximum absolute atomic E-state index is 13.1. The Bertz CT molecular complexity index is 1090. The molecule has 0 N–H and O–H groups in total. The highest BCUT2D eigenvalue weighted by Gasteiger charge is 2.33. The number of hydrogen-bond acceptors (Lipinski definition) is 4. The zero-order valence-electron chi connectivity index (χ0n) is 18.8. The molecule has 2 aromatic carbocycles. The van der Waals surface area contributed by atoms with Gasteiger partial charge in [-0.05, 0) is 62.4 Å². The van der Waals surface area contributed by atoms with Gasteiger partial charge in [-0.3, -0.25) is 9.69 Å². The van der Waals surface area contributed by atoms with Crippen LogP contribution in [0.25, 0.3) is 10.9 Å². The van der Waals surface area contributed by atoms with Crippen LogP contribution in [0.15, 0.2) is 54.6 Å². The molecule has 1 amide bonds. The Morgan fingerprint density at radius 1 is 1.03 bits per heavy atom. The largest absolute Gasteiger partial charge is 0.495 e. The van der Waals surface area contributed by atoms with E-state index in [9.17, 15) is 4.79 Å². The number of carbonyl (C=O) groups excluding carboxylic acids is 1.